The lowest BCUT2D eigenvalue weighted by Gasteiger charge is -2.38. The minimum atomic E-state index is 0.0438. The molecular weight excluding hydrogens is 1010 g/mol. The first kappa shape index (κ1) is 50.5. The third-order valence-electron chi connectivity index (χ3n) is 18.2. The highest BCUT2D eigenvalue weighted by Crippen LogP contribution is 2.54. The first-order valence-electron chi connectivity index (χ1n) is 28.5. The van der Waals surface area contributed by atoms with E-state index in [0.29, 0.717) is 17.8 Å². The molecule has 78 heavy (non-hydrogen) atoms. The molecule has 13 rings (SSSR count). The third-order valence-corrected chi connectivity index (χ3v) is 18.8. The third kappa shape index (κ3) is 8.74. The molecule has 6 aromatic carbocycles. The number of rotatable bonds is 7. The van der Waals surface area contributed by atoms with Crippen LogP contribution in [0.3, 0.4) is 0 Å². The van der Waals surface area contributed by atoms with Crippen LogP contribution in [0.4, 0.5) is 0 Å². The molecule has 4 aliphatic rings. The maximum atomic E-state index is 4.40. The van der Waals surface area contributed by atoms with E-state index in [0.717, 1.165) is 36.8 Å². The molecular formula is C74H73BrN3+3. The van der Waals surface area contributed by atoms with Gasteiger partial charge in [0.25, 0.3) is 0 Å². The van der Waals surface area contributed by atoms with Crippen molar-refractivity contribution in [2.75, 3.05) is 0 Å². The van der Waals surface area contributed by atoms with Crippen LogP contribution >= 0.6 is 15.9 Å². The van der Waals surface area contributed by atoms with Gasteiger partial charge in [-0.05, 0) is 162 Å². The maximum absolute atomic E-state index is 4.40. The predicted octanol–water partition coefficient (Wildman–Crippen LogP) is 17.9. The van der Waals surface area contributed by atoms with Crippen LogP contribution in [0.15, 0.2) is 193 Å². The van der Waals surface area contributed by atoms with Gasteiger partial charge in [-0.15, -0.1) is 0 Å². The van der Waals surface area contributed by atoms with Crippen LogP contribution in [0.2, 0.25) is 0 Å². The Bertz CT molecular complexity index is 3740. The lowest BCUT2D eigenvalue weighted by Crippen LogP contribution is -2.37. The fraction of sp³-hybridized carbons (Fsp3) is 0.284. The topological polar surface area (TPSA) is 11.6 Å². The van der Waals surface area contributed by atoms with Gasteiger partial charge in [-0.1, -0.05) is 170 Å². The Morgan fingerprint density at radius 2 is 0.833 bits per heavy atom. The highest BCUT2D eigenvalue weighted by Gasteiger charge is 2.39. The van der Waals surface area contributed by atoms with Gasteiger partial charge >= 0.3 is 0 Å². The van der Waals surface area contributed by atoms with E-state index in [9.17, 15) is 0 Å². The number of hydrogen-bond acceptors (Lipinski definition) is 0. The highest BCUT2D eigenvalue weighted by molar-refractivity contribution is 9.10. The van der Waals surface area contributed by atoms with Crippen LogP contribution in [-0.4, -0.2) is 0 Å². The second kappa shape index (κ2) is 18.8. The molecule has 388 valence electrons. The summed E-state index contributed by atoms with van der Waals surface area (Å²) < 4.78 is 8.40. The first-order chi connectivity index (χ1) is 37.4. The van der Waals surface area contributed by atoms with Crippen molar-refractivity contribution in [3.8, 4) is 67.2 Å². The molecule has 9 aromatic rings. The fourth-order valence-electron chi connectivity index (χ4n) is 13.9. The molecule has 0 spiro atoms. The number of halogens is 1. The second-order valence-corrected chi connectivity index (χ2v) is 27.1. The van der Waals surface area contributed by atoms with Gasteiger partial charge in [0.05, 0.1) is 16.7 Å². The van der Waals surface area contributed by atoms with Crippen LogP contribution in [-0.2, 0) is 29.3 Å². The van der Waals surface area contributed by atoms with Crippen LogP contribution in [0, 0.1) is 0 Å². The molecule has 0 bridgehead atoms. The fourth-order valence-corrected chi connectivity index (χ4v) is 14.4. The molecule has 3 unspecified atom stereocenters. The average Bonchev–Trinajstić information content (AvgIpc) is 4.23. The molecule has 6 heterocycles. The Balaban J connectivity index is 0.912. The summed E-state index contributed by atoms with van der Waals surface area (Å²) in [5.74, 6) is 0.938. The molecule has 1 saturated carbocycles. The zero-order chi connectivity index (χ0) is 54.0. The quantitative estimate of drug-likeness (QED) is 0.111. The van der Waals surface area contributed by atoms with Crippen LogP contribution in [0.5, 0.6) is 0 Å². The van der Waals surface area contributed by atoms with Gasteiger partial charge in [0, 0.05) is 57.6 Å². The molecule has 0 amide bonds. The molecule has 3 aliphatic heterocycles. The summed E-state index contributed by atoms with van der Waals surface area (Å²) >= 11 is 4.21. The first-order valence-corrected chi connectivity index (χ1v) is 29.3. The number of allylic oxidation sites excluding steroid dienone is 1. The largest absolute Gasteiger partial charge is 0.214 e. The van der Waals surface area contributed by atoms with Gasteiger partial charge in [-0.3, -0.25) is 0 Å². The SMILES string of the molecule is C=CC1c2cc(-c3ccccc3C3CC(c4ccccc4-c4ccc5c(c4)C[n+]4ccc(C(C)(C)C)cc4-5)CC(c4ccccc4-c4ccc5c(c4)C[n+]4ccc(C(C)(C)C)cc4-5)C3)c(Br)cc2-c2cc(C(C)(C)C)cc[n+]21. The van der Waals surface area contributed by atoms with E-state index in [1.54, 1.807) is 0 Å². The van der Waals surface area contributed by atoms with Gasteiger partial charge in [0.1, 0.15) is 0 Å². The summed E-state index contributed by atoms with van der Waals surface area (Å²) in [6, 6.07) is 61.8. The predicted molar refractivity (Wildman–Crippen MR) is 325 cm³/mol. The van der Waals surface area contributed by atoms with Crippen molar-refractivity contribution < 1.29 is 13.7 Å². The molecule has 1 fully saturated rings. The van der Waals surface area contributed by atoms with Crippen molar-refractivity contribution >= 4 is 15.9 Å². The number of hydrogen-bond donors (Lipinski definition) is 0. The van der Waals surface area contributed by atoms with Crippen molar-refractivity contribution in [3.05, 3.63) is 244 Å². The number of nitrogens with zero attached hydrogens (tertiary/aromatic N) is 3. The average molecular weight is 1080 g/mol. The molecule has 1 aliphatic carbocycles. The Hall–Kier alpha value is -7.01. The number of pyridine rings is 3. The van der Waals surface area contributed by atoms with Crippen molar-refractivity contribution in [2.45, 2.75) is 135 Å². The van der Waals surface area contributed by atoms with Gasteiger partial charge in [-0.25, -0.2) is 0 Å². The van der Waals surface area contributed by atoms with Crippen molar-refractivity contribution in [1.29, 1.82) is 0 Å². The molecule has 0 saturated heterocycles. The van der Waals surface area contributed by atoms with E-state index < -0.39 is 0 Å². The van der Waals surface area contributed by atoms with Crippen molar-refractivity contribution in [3.63, 3.8) is 0 Å². The summed E-state index contributed by atoms with van der Waals surface area (Å²) in [5, 5.41) is 0. The normalized spacial score (nSPS) is 18.2. The molecule has 0 N–H and O–H groups in total. The minimum Gasteiger partial charge on any atom is -0.194 e. The van der Waals surface area contributed by atoms with Crippen LogP contribution in [0.1, 0.15) is 155 Å². The Morgan fingerprint density at radius 3 is 1.29 bits per heavy atom. The summed E-state index contributed by atoms with van der Waals surface area (Å²) in [6.45, 7) is 27.0. The van der Waals surface area contributed by atoms with Crippen LogP contribution < -0.4 is 13.7 Å². The number of fused-ring (bicyclic) bond motifs is 9. The zero-order valence-corrected chi connectivity index (χ0v) is 48.7. The van der Waals surface area contributed by atoms with E-state index >= 15 is 0 Å². The van der Waals surface area contributed by atoms with E-state index in [4.69, 9.17) is 0 Å². The summed E-state index contributed by atoms with van der Waals surface area (Å²) in [5.41, 5.74) is 28.5. The Labute approximate surface area is 472 Å². The summed E-state index contributed by atoms with van der Waals surface area (Å²) in [6.07, 6.45) is 12.2. The Morgan fingerprint density at radius 1 is 0.410 bits per heavy atom. The molecule has 4 heteroatoms. The van der Waals surface area contributed by atoms with Crippen molar-refractivity contribution in [1.82, 2.24) is 0 Å². The smallest absolute Gasteiger partial charge is 0.194 e. The summed E-state index contributed by atoms with van der Waals surface area (Å²) in [7, 11) is 0. The van der Waals surface area contributed by atoms with Gasteiger partial charge in [0.15, 0.2) is 31.7 Å². The van der Waals surface area contributed by atoms with E-state index in [-0.39, 0.29) is 22.3 Å². The standard InChI is InChI=1S/C74H73BrN3/c1-11-68-65-42-64(67(75)43-66(65)71-41-55(74(8,9)10)30-33-78(68)71)63-23-17-16-22-60(63)50-37-48(58-20-14-12-18-56(58)46-24-26-61-51(34-46)44-76-31-28-53(39-69(61)76)72(2,3)4)36-49(38-50)59-21-15-13-19-57(59)47-25-27-62-52(35-47)45-77-32-29-54(40-70(62)77)73(5,6)7/h11-35,39-43,48-50,68H,1,36-38,44-45H2,2-10H3/q+3. The molecule has 0 radical (unpaired) electrons. The van der Waals surface area contributed by atoms with Gasteiger partial charge < -0.3 is 0 Å². The van der Waals surface area contributed by atoms with Gasteiger partial charge in [-0.2, -0.15) is 13.7 Å². The lowest BCUT2D eigenvalue weighted by atomic mass is 9.66. The number of aromatic nitrogens is 3. The van der Waals surface area contributed by atoms with Crippen molar-refractivity contribution in [2.24, 2.45) is 0 Å². The van der Waals surface area contributed by atoms with E-state index in [1.807, 2.05) is 0 Å². The highest BCUT2D eigenvalue weighted by atomic mass is 79.9. The minimum absolute atomic E-state index is 0.0438. The lowest BCUT2D eigenvalue weighted by molar-refractivity contribution is -0.687. The van der Waals surface area contributed by atoms with E-state index in [1.165, 1.54) is 117 Å². The zero-order valence-electron chi connectivity index (χ0n) is 47.1. The molecule has 3 nitrogen and oxygen atoms in total. The molecule has 3 aromatic heterocycles. The van der Waals surface area contributed by atoms with Crippen LogP contribution in [0.25, 0.3) is 67.2 Å². The van der Waals surface area contributed by atoms with Gasteiger partial charge in [0.2, 0.25) is 23.1 Å². The second-order valence-electron chi connectivity index (χ2n) is 26.2. The maximum Gasteiger partial charge on any atom is 0.214 e. The Kier molecular flexibility index (Phi) is 12.2. The summed E-state index contributed by atoms with van der Waals surface area (Å²) in [4.78, 5) is 0. The van der Waals surface area contributed by atoms with E-state index in [2.05, 4.69) is 281 Å². The number of benzene rings is 6. The molecule has 3 atom stereocenters. The monoisotopic (exact) mass is 1080 g/mol.